The molecule has 0 saturated carbocycles. The number of hydrogen-bond acceptors (Lipinski definition) is 6. The van der Waals surface area contributed by atoms with E-state index in [4.69, 9.17) is 31.1 Å². The normalized spacial score (nSPS) is 16.1. The Kier molecular flexibility index (Phi) is 5.47. The Morgan fingerprint density at radius 2 is 2.00 bits per heavy atom. The molecule has 0 spiro atoms. The maximum atomic E-state index is 6.33. The summed E-state index contributed by atoms with van der Waals surface area (Å²) < 4.78 is 15.4. The number of halogens is 1. The predicted octanol–water partition coefficient (Wildman–Crippen LogP) is 4.45. The topological polar surface area (TPSA) is 79.3 Å². The van der Waals surface area contributed by atoms with Crippen LogP contribution in [-0.4, -0.2) is 43.9 Å². The molecule has 1 atom stereocenters. The summed E-state index contributed by atoms with van der Waals surface area (Å²) in [5.41, 5.74) is 4.59. The van der Waals surface area contributed by atoms with Gasteiger partial charge in [-0.15, -0.1) is 10.2 Å². The number of fused-ring (bicyclic) bond motifs is 5. The van der Waals surface area contributed by atoms with Crippen molar-refractivity contribution in [3.05, 3.63) is 82.7 Å². The first-order valence-electron chi connectivity index (χ1n) is 10.3. The number of aliphatic imine (C=N–C) groups is 1. The summed E-state index contributed by atoms with van der Waals surface area (Å²) in [5.74, 6) is 2.01. The number of nitrogens with zero attached hydrogens (tertiary/aromatic N) is 6. The van der Waals surface area contributed by atoms with E-state index in [2.05, 4.69) is 22.3 Å². The molecule has 6 rings (SSSR count). The zero-order valence-electron chi connectivity index (χ0n) is 17.3. The van der Waals surface area contributed by atoms with Crippen LogP contribution in [0.5, 0.6) is 0 Å². The third-order valence-electron chi connectivity index (χ3n) is 5.77. The maximum absolute atomic E-state index is 6.33. The summed E-state index contributed by atoms with van der Waals surface area (Å²) >= 11 is 6.33. The Bertz CT molecular complexity index is 1340. The van der Waals surface area contributed by atoms with E-state index in [-0.39, 0.29) is 13.5 Å². The zero-order chi connectivity index (χ0) is 21.7. The summed E-state index contributed by atoms with van der Waals surface area (Å²) in [4.78, 5) is 9.54. The van der Waals surface area contributed by atoms with Crippen LogP contribution in [0.25, 0.3) is 17.1 Å². The minimum atomic E-state index is -0.0463. The monoisotopic (exact) mass is 462 g/mol. The fraction of sp³-hybridized carbons (Fsp3) is 0.250. The van der Waals surface area contributed by atoms with Gasteiger partial charge in [-0.1, -0.05) is 49.4 Å². The van der Waals surface area contributed by atoms with Gasteiger partial charge in [0.2, 0.25) is 5.90 Å². The summed E-state index contributed by atoms with van der Waals surface area (Å²) in [6.07, 6.45) is 1.80. The largest absolute Gasteiger partial charge is 0.474 e. The Morgan fingerprint density at radius 1 is 1.15 bits per heavy atom. The third-order valence-corrected chi connectivity index (χ3v) is 6.01. The molecule has 0 fully saturated rings. The second kappa shape index (κ2) is 8.46. The number of ether oxygens (including phenoxy) is 2. The van der Waals surface area contributed by atoms with Crippen LogP contribution in [-0.2, 0) is 22.6 Å². The molecule has 2 aliphatic heterocycles. The second-order valence-corrected chi connectivity index (χ2v) is 8.14. The van der Waals surface area contributed by atoms with Gasteiger partial charge >= 0.3 is 0 Å². The van der Waals surface area contributed by atoms with Crippen LogP contribution in [0, 0.1) is 0 Å². The molecule has 0 saturated heterocycles. The molecular weight excluding hydrogens is 440 g/mol. The Hall–Kier alpha value is -3.49. The van der Waals surface area contributed by atoms with Crippen molar-refractivity contribution >= 4 is 17.5 Å². The molecule has 0 N–H and O–H groups in total. The van der Waals surface area contributed by atoms with Crippen molar-refractivity contribution in [2.24, 2.45) is 4.99 Å². The van der Waals surface area contributed by atoms with E-state index >= 15 is 0 Å². The van der Waals surface area contributed by atoms with Gasteiger partial charge in [0.05, 0.1) is 17.9 Å². The minimum absolute atomic E-state index is 0. The molecule has 4 aromatic rings. The molecule has 2 aromatic heterocycles. The van der Waals surface area contributed by atoms with Gasteiger partial charge in [0.15, 0.2) is 11.6 Å². The molecular formula is C24H23ClN6O2. The van der Waals surface area contributed by atoms with Gasteiger partial charge in [0, 0.05) is 17.7 Å². The van der Waals surface area contributed by atoms with Crippen LogP contribution in [0.1, 0.15) is 36.2 Å². The van der Waals surface area contributed by atoms with Crippen molar-refractivity contribution in [2.45, 2.75) is 26.6 Å². The van der Waals surface area contributed by atoms with E-state index < -0.39 is 0 Å². The Balaban J connectivity index is 0.00000228. The van der Waals surface area contributed by atoms with Gasteiger partial charge < -0.3 is 14.0 Å². The van der Waals surface area contributed by atoms with Gasteiger partial charge in [-0.2, -0.15) is 0 Å². The molecule has 8 nitrogen and oxygen atoms in total. The van der Waals surface area contributed by atoms with E-state index in [9.17, 15) is 0 Å². The number of imidazole rings is 1. The first kappa shape index (κ1) is 21.4. The average Bonchev–Trinajstić information content (AvgIpc) is 3.53. The lowest BCUT2D eigenvalue weighted by molar-refractivity contribution is 0.174. The van der Waals surface area contributed by atoms with Crippen LogP contribution >= 0.6 is 11.6 Å². The van der Waals surface area contributed by atoms with Crippen molar-refractivity contribution in [1.29, 1.82) is 0 Å². The Labute approximate surface area is 196 Å². The summed E-state index contributed by atoms with van der Waals surface area (Å²) in [7, 11) is 1.64. The van der Waals surface area contributed by atoms with Crippen LogP contribution < -0.4 is 0 Å². The molecule has 0 bridgehead atoms. The highest BCUT2D eigenvalue weighted by Gasteiger charge is 2.30. The predicted molar refractivity (Wildman–Crippen MR) is 126 cm³/mol. The van der Waals surface area contributed by atoms with Crippen LogP contribution in [0.15, 0.2) is 59.9 Å². The average molecular weight is 463 g/mol. The van der Waals surface area contributed by atoms with E-state index in [0.29, 0.717) is 36.4 Å². The van der Waals surface area contributed by atoms with Gasteiger partial charge in [0.1, 0.15) is 31.3 Å². The molecule has 2 aliphatic rings. The zero-order valence-corrected chi connectivity index (χ0v) is 18.0. The second-order valence-electron chi connectivity index (χ2n) is 7.70. The maximum Gasteiger partial charge on any atom is 0.238 e. The van der Waals surface area contributed by atoms with E-state index in [1.807, 2.05) is 45.5 Å². The standard InChI is InChI=1S/C23H19ClN6O2.CH4/c1-31-12-20-27-28-22-16-9-15(24)7-8-18(16)30-13-25-21(19(30)10-29(20)22)23-26-17(11-32-23)14-5-3-2-4-6-14;/h2-9,13,17H,10-12H2,1H3;1H4/t17-;/m1./s1. The first-order valence-corrected chi connectivity index (χ1v) is 10.6. The molecule has 0 amide bonds. The third kappa shape index (κ3) is 3.51. The lowest BCUT2D eigenvalue weighted by Gasteiger charge is -2.09. The summed E-state index contributed by atoms with van der Waals surface area (Å²) in [6, 6.07) is 15.8. The van der Waals surface area contributed by atoms with Crippen molar-refractivity contribution in [3.63, 3.8) is 0 Å². The molecule has 9 heteroatoms. The fourth-order valence-corrected chi connectivity index (χ4v) is 4.42. The molecule has 0 aliphatic carbocycles. The quantitative estimate of drug-likeness (QED) is 0.394. The number of methoxy groups -OCH3 is 1. The lowest BCUT2D eigenvalue weighted by atomic mass is 10.1. The van der Waals surface area contributed by atoms with E-state index in [0.717, 1.165) is 34.2 Å². The molecule has 2 aromatic carbocycles. The summed E-state index contributed by atoms with van der Waals surface area (Å²) in [5, 5.41) is 9.42. The molecule has 4 heterocycles. The lowest BCUT2D eigenvalue weighted by Crippen LogP contribution is -2.13. The van der Waals surface area contributed by atoms with Crippen LogP contribution in [0.3, 0.4) is 0 Å². The Morgan fingerprint density at radius 3 is 2.82 bits per heavy atom. The fourth-order valence-electron chi connectivity index (χ4n) is 4.24. The van der Waals surface area contributed by atoms with Crippen molar-refractivity contribution in [1.82, 2.24) is 24.3 Å². The smallest absolute Gasteiger partial charge is 0.238 e. The van der Waals surface area contributed by atoms with Gasteiger partial charge in [-0.05, 0) is 23.8 Å². The number of rotatable bonds is 4. The van der Waals surface area contributed by atoms with E-state index in [1.165, 1.54) is 0 Å². The highest BCUT2D eigenvalue weighted by Crippen LogP contribution is 2.35. The molecule has 0 unspecified atom stereocenters. The number of benzene rings is 2. The highest BCUT2D eigenvalue weighted by molar-refractivity contribution is 6.31. The first-order chi connectivity index (χ1) is 15.7. The van der Waals surface area contributed by atoms with Gasteiger partial charge in [-0.25, -0.2) is 9.98 Å². The highest BCUT2D eigenvalue weighted by atomic mass is 35.5. The summed E-state index contributed by atoms with van der Waals surface area (Å²) in [6.45, 7) is 1.34. The van der Waals surface area contributed by atoms with Crippen molar-refractivity contribution in [3.8, 4) is 17.1 Å². The number of aromatic nitrogens is 5. The van der Waals surface area contributed by atoms with Gasteiger partial charge in [-0.3, -0.25) is 4.57 Å². The minimum Gasteiger partial charge on any atom is -0.474 e. The molecule has 33 heavy (non-hydrogen) atoms. The van der Waals surface area contributed by atoms with Crippen LogP contribution in [0.4, 0.5) is 0 Å². The van der Waals surface area contributed by atoms with Crippen LogP contribution in [0.2, 0.25) is 5.02 Å². The SMILES string of the molecule is C.COCc1nnc2n1Cc1c(C3=N[C@@H](c4ccccc4)CO3)ncn1-c1ccc(Cl)cc1-2. The molecule has 0 radical (unpaired) electrons. The van der Waals surface area contributed by atoms with E-state index in [1.54, 1.807) is 13.4 Å². The van der Waals surface area contributed by atoms with Crippen molar-refractivity contribution in [2.75, 3.05) is 13.7 Å². The van der Waals surface area contributed by atoms with Crippen molar-refractivity contribution < 1.29 is 9.47 Å². The molecule has 168 valence electrons. The number of hydrogen-bond donors (Lipinski definition) is 0. The van der Waals surface area contributed by atoms with Gasteiger partial charge in [0.25, 0.3) is 0 Å².